The molecule has 7 heterocycles. The third-order valence-electron chi connectivity index (χ3n) is 10.7. The van der Waals surface area contributed by atoms with Crippen molar-refractivity contribution in [2.24, 2.45) is 0 Å². The fourth-order valence-corrected chi connectivity index (χ4v) is 11.5. The van der Waals surface area contributed by atoms with Crippen molar-refractivity contribution in [3.8, 4) is 16.8 Å². The van der Waals surface area contributed by atoms with Crippen LogP contribution in [0.3, 0.4) is 0 Å². The maximum Gasteiger partial charge on any atom is 0.333 e. The molecule has 2 aliphatic rings. The molecule has 0 spiro atoms. The first-order valence-electron chi connectivity index (χ1n) is 15.7. The highest BCUT2D eigenvalue weighted by molar-refractivity contribution is 7.27. The molecule has 2 aliphatic heterocycles. The van der Waals surface area contributed by atoms with Crippen LogP contribution in [0.5, 0.6) is 0 Å². The van der Waals surface area contributed by atoms with Gasteiger partial charge < -0.3 is 8.90 Å². The molecule has 5 aromatic heterocycles. The van der Waals surface area contributed by atoms with E-state index < -0.39 is 0 Å². The summed E-state index contributed by atoms with van der Waals surface area (Å²) >= 11 is 3.82. The molecule has 0 aliphatic carbocycles. The first-order valence-corrected chi connectivity index (χ1v) is 17.4. The molecule has 0 bridgehead atoms. The zero-order valence-corrected chi connectivity index (χ0v) is 25.8. The Morgan fingerprint density at radius 1 is 0.565 bits per heavy atom. The lowest BCUT2D eigenvalue weighted by atomic mass is 9.45. The molecule has 6 heteroatoms. The van der Waals surface area contributed by atoms with Gasteiger partial charge in [0.1, 0.15) is 10.4 Å². The van der Waals surface area contributed by atoms with E-state index in [-0.39, 0.29) is 6.85 Å². The minimum atomic E-state index is 0.0157. The smallest absolute Gasteiger partial charge is 0.333 e. The summed E-state index contributed by atoms with van der Waals surface area (Å²) in [6.07, 6.45) is 0. The molecule has 3 nitrogen and oxygen atoms in total. The highest BCUT2D eigenvalue weighted by Gasteiger charge is 2.43. The predicted molar refractivity (Wildman–Crippen MR) is 198 cm³/mol. The van der Waals surface area contributed by atoms with E-state index in [4.69, 9.17) is 4.42 Å². The Balaban J connectivity index is 1.35. The van der Waals surface area contributed by atoms with Gasteiger partial charge >= 0.3 is 6.85 Å². The normalized spacial score (nSPS) is 13.6. The number of fused-ring (bicyclic) bond motifs is 18. The Labute approximate surface area is 269 Å². The van der Waals surface area contributed by atoms with E-state index >= 15 is 0 Å². The fraction of sp³-hybridized carbons (Fsp3) is 0. The Morgan fingerprint density at radius 2 is 1.30 bits per heavy atom. The minimum absolute atomic E-state index is 0.0157. The lowest BCUT2D eigenvalue weighted by molar-refractivity contribution is 0.667. The van der Waals surface area contributed by atoms with Gasteiger partial charge in [0.2, 0.25) is 0 Å². The van der Waals surface area contributed by atoms with Gasteiger partial charge in [-0.15, -0.1) is 22.7 Å². The molecule has 11 aromatic rings. The molecule has 46 heavy (non-hydrogen) atoms. The molecule has 0 amide bonds. The van der Waals surface area contributed by atoms with E-state index in [0.29, 0.717) is 0 Å². The van der Waals surface area contributed by atoms with E-state index in [2.05, 4.69) is 124 Å². The van der Waals surface area contributed by atoms with Gasteiger partial charge in [0.25, 0.3) is 0 Å². The molecule has 13 rings (SSSR count). The van der Waals surface area contributed by atoms with Gasteiger partial charge in [0.05, 0.1) is 21.4 Å². The first kappa shape index (κ1) is 23.1. The van der Waals surface area contributed by atoms with Gasteiger partial charge in [-0.05, 0) is 40.8 Å². The van der Waals surface area contributed by atoms with Crippen molar-refractivity contribution in [2.75, 3.05) is 0 Å². The van der Waals surface area contributed by atoms with Gasteiger partial charge in [-0.25, -0.2) is 0 Å². The summed E-state index contributed by atoms with van der Waals surface area (Å²) < 4.78 is 16.2. The van der Waals surface area contributed by atoms with Crippen molar-refractivity contribution in [3.63, 3.8) is 0 Å². The molecule has 0 radical (unpaired) electrons. The molecular weight excluding hydrogens is 599 g/mol. The van der Waals surface area contributed by atoms with Crippen LogP contribution in [0.2, 0.25) is 0 Å². The maximum atomic E-state index is 6.92. The lowest BCUT2D eigenvalue weighted by Crippen LogP contribution is -2.55. The van der Waals surface area contributed by atoms with Gasteiger partial charge in [-0.2, -0.15) is 0 Å². The third kappa shape index (κ3) is 2.39. The number of rotatable bonds is 0. The summed E-state index contributed by atoms with van der Waals surface area (Å²) in [5.74, 6) is 0. The number of hydrogen-bond donors (Lipinski definition) is 0. The highest BCUT2D eigenvalue weighted by atomic mass is 32.1. The molecule has 0 unspecified atom stereocenters. The van der Waals surface area contributed by atoms with Crippen LogP contribution in [0.25, 0.3) is 101 Å². The van der Waals surface area contributed by atoms with E-state index in [1.54, 1.807) is 0 Å². The van der Waals surface area contributed by atoms with E-state index in [1.165, 1.54) is 101 Å². The van der Waals surface area contributed by atoms with Gasteiger partial charge in [-0.1, -0.05) is 91.0 Å². The number of benzene rings is 6. The van der Waals surface area contributed by atoms with Crippen molar-refractivity contribution >= 4 is 125 Å². The van der Waals surface area contributed by atoms with Crippen LogP contribution >= 0.6 is 22.7 Å². The van der Waals surface area contributed by atoms with Crippen LogP contribution in [0.4, 0.5) is 0 Å². The number of hydrogen-bond acceptors (Lipinski definition) is 3. The number of para-hydroxylation sites is 3. The summed E-state index contributed by atoms with van der Waals surface area (Å²) in [6.45, 7) is 0.0157. The molecule has 210 valence electrons. The lowest BCUT2D eigenvalue weighted by Gasteiger charge is -2.33. The number of furan rings is 1. The molecule has 0 fully saturated rings. The summed E-state index contributed by atoms with van der Waals surface area (Å²) in [6, 6.07) is 42.7. The van der Waals surface area contributed by atoms with E-state index in [9.17, 15) is 0 Å². The number of aromatic nitrogens is 2. The van der Waals surface area contributed by atoms with Crippen LogP contribution in [0, 0.1) is 0 Å². The quantitative estimate of drug-likeness (QED) is 0.155. The molecule has 6 aromatic carbocycles. The summed E-state index contributed by atoms with van der Waals surface area (Å²) in [5.41, 5.74) is 12.4. The van der Waals surface area contributed by atoms with E-state index in [1.807, 2.05) is 22.7 Å². The second-order valence-electron chi connectivity index (χ2n) is 12.8. The second kappa shape index (κ2) is 7.56. The Hall–Kier alpha value is -5.30. The summed E-state index contributed by atoms with van der Waals surface area (Å²) in [4.78, 5) is 1.29. The summed E-state index contributed by atoms with van der Waals surface area (Å²) in [7, 11) is 0. The molecular formula is C40H19BN2OS2. The third-order valence-corrected chi connectivity index (χ3v) is 13.0. The van der Waals surface area contributed by atoms with E-state index in [0.717, 1.165) is 11.2 Å². The van der Waals surface area contributed by atoms with Gasteiger partial charge in [0, 0.05) is 58.2 Å². The maximum absolute atomic E-state index is 6.92. The van der Waals surface area contributed by atoms with Gasteiger partial charge in [-0.3, -0.25) is 4.57 Å². The molecule has 0 N–H and O–H groups in total. The molecule has 0 atom stereocenters. The van der Waals surface area contributed by atoms with Crippen molar-refractivity contribution in [2.45, 2.75) is 0 Å². The van der Waals surface area contributed by atoms with Crippen molar-refractivity contribution < 1.29 is 4.42 Å². The van der Waals surface area contributed by atoms with Crippen LogP contribution in [-0.4, -0.2) is 15.9 Å². The Morgan fingerprint density at radius 3 is 2.22 bits per heavy atom. The van der Waals surface area contributed by atoms with Crippen LogP contribution in [-0.2, 0) is 0 Å². The number of thiophene rings is 2. The average molecular weight is 619 g/mol. The standard InChI is InChI=1S/C40H19BN2OS2/c1-4-16-29-20(9-1)27-19-26-21-12-7-14-25-34(21)43(36-23-11-3-6-18-31(23)45-39(25)36)41-28-15-8-13-24-32-22-10-2-5-17-30(22)46-40(32)42(35(24)28)37(33(26)41)38(27)44-29/h1-19H. The van der Waals surface area contributed by atoms with Gasteiger partial charge in [0.15, 0.2) is 5.58 Å². The highest BCUT2D eigenvalue weighted by Crippen LogP contribution is 2.50. The monoisotopic (exact) mass is 618 g/mol. The largest absolute Gasteiger partial charge is 0.454 e. The van der Waals surface area contributed by atoms with Crippen molar-refractivity contribution in [1.82, 2.24) is 9.05 Å². The fourth-order valence-electron chi connectivity index (χ4n) is 9.03. The van der Waals surface area contributed by atoms with Crippen LogP contribution in [0.1, 0.15) is 0 Å². The SMILES string of the molecule is c1ccc2c(c1)oc1c3c4c(cc12)-c1cccc2c5sc6ccccc6c5n(c12)B4c1cccc2c4c5ccccc5sc4n-3c12. The second-order valence-corrected chi connectivity index (χ2v) is 14.9. The minimum Gasteiger partial charge on any atom is -0.454 e. The zero-order chi connectivity index (χ0) is 29.4. The topological polar surface area (TPSA) is 23.0 Å². The average Bonchev–Trinajstić information content (AvgIpc) is 3.89. The van der Waals surface area contributed by atoms with Crippen molar-refractivity contribution in [3.05, 3.63) is 115 Å². The Kier molecular flexibility index (Phi) is 3.80. The van der Waals surface area contributed by atoms with Crippen LogP contribution < -0.4 is 10.9 Å². The zero-order valence-electron chi connectivity index (χ0n) is 24.2. The summed E-state index contributed by atoms with van der Waals surface area (Å²) in [5, 5.41) is 9.02. The number of nitrogens with zero attached hydrogens (tertiary/aromatic N) is 2. The van der Waals surface area contributed by atoms with Crippen molar-refractivity contribution in [1.29, 1.82) is 0 Å². The first-order chi connectivity index (χ1) is 22.8. The van der Waals surface area contributed by atoms with Crippen LogP contribution in [0.15, 0.2) is 120 Å². The Bertz CT molecular complexity index is 3220. The molecule has 0 saturated heterocycles. The molecule has 0 saturated carbocycles. The predicted octanol–water partition coefficient (Wildman–Crippen LogP) is 10.2.